The predicted molar refractivity (Wildman–Crippen MR) is 58.0 cm³/mol. The number of hydrogen-bond donors (Lipinski definition) is 0. The molecule has 1 rings (SSSR count). The van der Waals surface area contributed by atoms with Crippen molar-refractivity contribution >= 4 is 12.1 Å². The van der Waals surface area contributed by atoms with Crippen LogP contribution in [0.4, 0.5) is 4.79 Å². The summed E-state index contributed by atoms with van der Waals surface area (Å²) in [7, 11) is 1.28. The first-order chi connectivity index (χ1) is 7.47. The summed E-state index contributed by atoms with van der Waals surface area (Å²) in [5.41, 5.74) is -1.22. The van der Waals surface area contributed by atoms with Crippen LogP contribution in [0, 0.1) is 0 Å². The summed E-state index contributed by atoms with van der Waals surface area (Å²) in [5.74, 6) is -0.544. The second kappa shape index (κ2) is 5.18. The first-order valence-electron chi connectivity index (χ1n) is 5.53. The summed E-state index contributed by atoms with van der Waals surface area (Å²) in [6.07, 6.45) is 2.70. The van der Waals surface area contributed by atoms with Crippen LogP contribution < -0.4 is 0 Å². The molecule has 1 saturated heterocycles. The third kappa shape index (κ3) is 3.12. The van der Waals surface area contributed by atoms with Gasteiger partial charge in [-0.15, -0.1) is 0 Å². The van der Waals surface area contributed by atoms with Gasteiger partial charge in [-0.05, 0) is 33.1 Å². The lowest BCUT2D eigenvalue weighted by molar-refractivity contribution is -0.159. The fourth-order valence-electron chi connectivity index (χ4n) is 1.65. The summed E-state index contributed by atoms with van der Waals surface area (Å²) in [5, 5.41) is 0. The number of amides is 1. The maximum atomic E-state index is 11.7. The number of likely N-dealkylation sites (tertiary alicyclic amines) is 1. The summed E-state index contributed by atoms with van der Waals surface area (Å²) >= 11 is 0. The Hall–Kier alpha value is -1.26. The van der Waals surface area contributed by atoms with Crippen molar-refractivity contribution in [3.05, 3.63) is 0 Å². The van der Waals surface area contributed by atoms with Crippen molar-refractivity contribution in [3.63, 3.8) is 0 Å². The molecule has 0 radical (unpaired) electrons. The molecule has 0 aliphatic carbocycles. The van der Waals surface area contributed by atoms with E-state index in [-0.39, 0.29) is 0 Å². The molecule has 1 aliphatic heterocycles. The van der Waals surface area contributed by atoms with Crippen LogP contribution in [-0.2, 0) is 14.3 Å². The number of ether oxygens (including phenoxy) is 2. The van der Waals surface area contributed by atoms with E-state index in [0.29, 0.717) is 13.1 Å². The Labute approximate surface area is 95.7 Å². The van der Waals surface area contributed by atoms with Gasteiger partial charge in [-0.1, -0.05) is 0 Å². The average Bonchev–Trinajstić information content (AvgIpc) is 2.28. The number of rotatable bonds is 2. The Kier molecular flexibility index (Phi) is 4.15. The van der Waals surface area contributed by atoms with Gasteiger partial charge in [0.05, 0.1) is 7.11 Å². The Morgan fingerprint density at radius 2 is 1.69 bits per heavy atom. The van der Waals surface area contributed by atoms with Gasteiger partial charge < -0.3 is 14.4 Å². The molecule has 0 aromatic heterocycles. The van der Waals surface area contributed by atoms with Crippen LogP contribution >= 0.6 is 0 Å². The minimum Gasteiger partial charge on any atom is -0.466 e. The first kappa shape index (κ1) is 12.8. The molecule has 1 fully saturated rings. The van der Waals surface area contributed by atoms with Crippen molar-refractivity contribution < 1.29 is 19.1 Å². The average molecular weight is 229 g/mol. The van der Waals surface area contributed by atoms with Crippen molar-refractivity contribution in [2.75, 3.05) is 20.2 Å². The van der Waals surface area contributed by atoms with Crippen LogP contribution in [0.25, 0.3) is 0 Å². The standard InChI is InChI=1S/C11H19NO4/c1-11(2,9(13)15-3)16-10(14)12-7-5-4-6-8-12/h4-8H2,1-3H3. The second-order valence-corrected chi connectivity index (χ2v) is 4.42. The highest BCUT2D eigenvalue weighted by Crippen LogP contribution is 2.16. The fraction of sp³-hybridized carbons (Fsp3) is 0.818. The van der Waals surface area contributed by atoms with E-state index >= 15 is 0 Å². The van der Waals surface area contributed by atoms with Crippen molar-refractivity contribution in [3.8, 4) is 0 Å². The molecule has 0 saturated carbocycles. The van der Waals surface area contributed by atoms with Gasteiger partial charge >= 0.3 is 12.1 Å². The Morgan fingerprint density at radius 3 is 2.19 bits per heavy atom. The van der Waals surface area contributed by atoms with Crippen LogP contribution in [0.1, 0.15) is 33.1 Å². The van der Waals surface area contributed by atoms with E-state index in [4.69, 9.17) is 4.74 Å². The monoisotopic (exact) mass is 229 g/mol. The van der Waals surface area contributed by atoms with Gasteiger partial charge in [-0.2, -0.15) is 0 Å². The number of esters is 1. The molecule has 16 heavy (non-hydrogen) atoms. The van der Waals surface area contributed by atoms with E-state index < -0.39 is 17.7 Å². The van der Waals surface area contributed by atoms with Gasteiger partial charge in [0, 0.05) is 13.1 Å². The zero-order valence-corrected chi connectivity index (χ0v) is 10.1. The molecule has 1 aliphatic rings. The maximum Gasteiger partial charge on any atom is 0.410 e. The minimum absolute atomic E-state index is 0.435. The molecule has 5 heteroatoms. The number of hydrogen-bond acceptors (Lipinski definition) is 4. The molecule has 0 aromatic rings. The summed E-state index contributed by atoms with van der Waals surface area (Å²) in [4.78, 5) is 24.7. The third-order valence-electron chi connectivity index (χ3n) is 2.63. The Morgan fingerprint density at radius 1 is 1.12 bits per heavy atom. The van der Waals surface area contributed by atoms with Gasteiger partial charge in [-0.25, -0.2) is 9.59 Å². The lowest BCUT2D eigenvalue weighted by Gasteiger charge is -2.30. The highest BCUT2D eigenvalue weighted by molar-refractivity contribution is 5.82. The smallest absolute Gasteiger partial charge is 0.410 e. The number of carbonyl (C=O) groups is 2. The number of methoxy groups -OCH3 is 1. The molecule has 92 valence electrons. The SMILES string of the molecule is COC(=O)C(C)(C)OC(=O)N1CCCCC1. The van der Waals surface area contributed by atoms with Crippen molar-refractivity contribution in [2.24, 2.45) is 0 Å². The van der Waals surface area contributed by atoms with E-state index in [9.17, 15) is 9.59 Å². The molecule has 0 unspecified atom stereocenters. The number of carbonyl (C=O) groups excluding carboxylic acids is 2. The molecular weight excluding hydrogens is 210 g/mol. The topological polar surface area (TPSA) is 55.8 Å². The molecule has 1 heterocycles. The van der Waals surface area contributed by atoms with E-state index in [2.05, 4.69) is 4.74 Å². The zero-order chi connectivity index (χ0) is 12.2. The van der Waals surface area contributed by atoms with Crippen LogP contribution in [-0.4, -0.2) is 42.8 Å². The molecule has 0 spiro atoms. The van der Waals surface area contributed by atoms with Gasteiger partial charge in [0.2, 0.25) is 5.60 Å². The van der Waals surface area contributed by atoms with Crippen LogP contribution in [0.15, 0.2) is 0 Å². The van der Waals surface area contributed by atoms with Crippen LogP contribution in [0.3, 0.4) is 0 Å². The van der Waals surface area contributed by atoms with Crippen LogP contribution in [0.5, 0.6) is 0 Å². The molecular formula is C11H19NO4. The fourth-order valence-corrected chi connectivity index (χ4v) is 1.65. The molecule has 0 bridgehead atoms. The van der Waals surface area contributed by atoms with Gasteiger partial charge in [0.15, 0.2) is 0 Å². The van der Waals surface area contributed by atoms with Gasteiger partial charge in [0.1, 0.15) is 0 Å². The van der Waals surface area contributed by atoms with Crippen molar-refractivity contribution in [1.82, 2.24) is 4.90 Å². The van der Waals surface area contributed by atoms with E-state index in [1.165, 1.54) is 21.0 Å². The molecule has 5 nitrogen and oxygen atoms in total. The predicted octanol–water partition coefficient (Wildman–Crippen LogP) is 1.56. The Balaban J connectivity index is 2.52. The second-order valence-electron chi connectivity index (χ2n) is 4.42. The lowest BCUT2D eigenvalue weighted by atomic mass is 10.1. The quantitative estimate of drug-likeness (QED) is 0.674. The zero-order valence-electron chi connectivity index (χ0n) is 10.1. The van der Waals surface area contributed by atoms with Crippen molar-refractivity contribution in [2.45, 2.75) is 38.7 Å². The molecule has 1 amide bonds. The van der Waals surface area contributed by atoms with E-state index in [1.807, 2.05) is 0 Å². The number of piperidine rings is 1. The van der Waals surface area contributed by atoms with Gasteiger partial charge in [-0.3, -0.25) is 0 Å². The number of nitrogens with zero attached hydrogens (tertiary/aromatic N) is 1. The first-order valence-corrected chi connectivity index (χ1v) is 5.53. The summed E-state index contributed by atoms with van der Waals surface area (Å²) in [6.45, 7) is 4.47. The highest BCUT2D eigenvalue weighted by Gasteiger charge is 2.35. The molecule has 0 atom stereocenters. The molecule has 0 N–H and O–H groups in total. The summed E-state index contributed by atoms with van der Waals surface area (Å²) < 4.78 is 9.71. The van der Waals surface area contributed by atoms with E-state index in [1.54, 1.807) is 4.90 Å². The summed E-state index contributed by atoms with van der Waals surface area (Å²) in [6, 6.07) is 0. The third-order valence-corrected chi connectivity index (χ3v) is 2.63. The van der Waals surface area contributed by atoms with Gasteiger partial charge in [0.25, 0.3) is 0 Å². The highest BCUT2D eigenvalue weighted by atomic mass is 16.6. The van der Waals surface area contributed by atoms with Crippen LogP contribution in [0.2, 0.25) is 0 Å². The largest absolute Gasteiger partial charge is 0.466 e. The normalized spacial score (nSPS) is 16.8. The minimum atomic E-state index is -1.22. The lowest BCUT2D eigenvalue weighted by Crippen LogP contribution is -2.44. The molecule has 0 aromatic carbocycles. The van der Waals surface area contributed by atoms with E-state index in [0.717, 1.165) is 19.3 Å². The maximum absolute atomic E-state index is 11.7. The Bertz CT molecular complexity index is 269. The van der Waals surface area contributed by atoms with Crippen molar-refractivity contribution in [1.29, 1.82) is 0 Å².